The Morgan fingerprint density at radius 1 is 1.21 bits per heavy atom. The summed E-state index contributed by atoms with van der Waals surface area (Å²) < 4.78 is 5.90. The molecule has 1 unspecified atom stereocenters. The summed E-state index contributed by atoms with van der Waals surface area (Å²) in [5.41, 5.74) is 1.24. The van der Waals surface area contributed by atoms with Crippen LogP contribution in [0.1, 0.15) is 6.42 Å². The Bertz CT molecular complexity index is 1060. The van der Waals surface area contributed by atoms with Gasteiger partial charge in [0.05, 0.1) is 18.5 Å². The molecule has 0 aliphatic carbocycles. The van der Waals surface area contributed by atoms with E-state index >= 15 is 0 Å². The van der Waals surface area contributed by atoms with Crippen LogP contribution in [-0.2, 0) is 9.59 Å². The van der Waals surface area contributed by atoms with E-state index in [0.717, 1.165) is 0 Å². The van der Waals surface area contributed by atoms with E-state index in [9.17, 15) is 9.59 Å². The van der Waals surface area contributed by atoms with Crippen molar-refractivity contribution >= 4 is 63.0 Å². The van der Waals surface area contributed by atoms with E-state index in [4.69, 9.17) is 16.3 Å². The highest BCUT2D eigenvalue weighted by Crippen LogP contribution is 2.38. The zero-order valence-electron chi connectivity index (χ0n) is 15.2. The molecule has 148 valence electrons. The molecule has 10 heteroatoms. The van der Waals surface area contributed by atoms with Crippen molar-refractivity contribution in [3.05, 3.63) is 53.6 Å². The van der Waals surface area contributed by atoms with Crippen molar-refractivity contribution in [2.45, 2.75) is 16.0 Å². The average Bonchev–Trinajstić information content (AvgIpc) is 3.26. The lowest BCUT2D eigenvalue weighted by Gasteiger charge is -2.14. The lowest BCUT2D eigenvalue weighted by molar-refractivity contribution is -0.121. The van der Waals surface area contributed by atoms with Gasteiger partial charge < -0.3 is 10.1 Å². The number of nitrogens with zero attached hydrogens (tertiary/aromatic N) is 3. The molecule has 2 aromatic carbocycles. The van der Waals surface area contributed by atoms with Crippen LogP contribution in [0.2, 0.25) is 5.02 Å². The highest BCUT2D eigenvalue weighted by atomic mass is 35.5. The van der Waals surface area contributed by atoms with Crippen LogP contribution >= 0.6 is 34.7 Å². The number of nitrogens with one attached hydrogen (secondary N) is 1. The molecule has 0 saturated carbocycles. The van der Waals surface area contributed by atoms with E-state index < -0.39 is 5.25 Å². The topological polar surface area (TPSA) is 84.4 Å². The van der Waals surface area contributed by atoms with E-state index in [1.54, 1.807) is 49.6 Å². The molecule has 1 aliphatic rings. The largest absolute Gasteiger partial charge is 0.495 e. The van der Waals surface area contributed by atoms with Crippen LogP contribution in [0.15, 0.2) is 52.9 Å². The van der Waals surface area contributed by atoms with Crippen LogP contribution in [0, 0.1) is 0 Å². The van der Waals surface area contributed by atoms with Gasteiger partial charge in [-0.25, -0.2) is 4.90 Å². The minimum Gasteiger partial charge on any atom is -0.495 e. The van der Waals surface area contributed by atoms with Crippen molar-refractivity contribution in [1.29, 1.82) is 0 Å². The predicted molar refractivity (Wildman–Crippen MR) is 114 cm³/mol. The Hall–Kier alpha value is -2.62. The summed E-state index contributed by atoms with van der Waals surface area (Å²) in [4.78, 5) is 26.3. The second-order valence-electron chi connectivity index (χ2n) is 6.06. The molecule has 0 bridgehead atoms. The number of halogens is 1. The van der Waals surface area contributed by atoms with Gasteiger partial charge in [-0.15, -0.1) is 10.2 Å². The van der Waals surface area contributed by atoms with Gasteiger partial charge in [-0.3, -0.25) is 9.59 Å². The molecule has 3 aromatic rings. The molecular weight excluding hydrogens is 432 g/mol. The van der Waals surface area contributed by atoms with E-state index in [1.807, 2.05) is 6.07 Å². The van der Waals surface area contributed by atoms with Gasteiger partial charge in [0, 0.05) is 11.4 Å². The lowest BCUT2D eigenvalue weighted by Crippen LogP contribution is -2.30. The molecule has 29 heavy (non-hydrogen) atoms. The number of anilines is 3. The first-order valence-electron chi connectivity index (χ1n) is 8.57. The number of benzene rings is 2. The van der Waals surface area contributed by atoms with Gasteiger partial charge in [-0.1, -0.05) is 52.9 Å². The summed E-state index contributed by atoms with van der Waals surface area (Å²) in [6, 6.07) is 14.1. The quantitative estimate of drug-likeness (QED) is 0.563. The number of rotatable bonds is 6. The summed E-state index contributed by atoms with van der Waals surface area (Å²) >= 11 is 8.58. The number of methoxy groups -OCH3 is 1. The van der Waals surface area contributed by atoms with Gasteiger partial charge in [0.25, 0.3) is 0 Å². The van der Waals surface area contributed by atoms with Crippen molar-refractivity contribution in [2.24, 2.45) is 0 Å². The van der Waals surface area contributed by atoms with Crippen LogP contribution in [0.5, 0.6) is 5.75 Å². The van der Waals surface area contributed by atoms with E-state index in [-0.39, 0.29) is 18.2 Å². The molecule has 1 saturated heterocycles. The Balaban J connectivity index is 1.47. The summed E-state index contributed by atoms with van der Waals surface area (Å²) in [7, 11) is 1.57. The van der Waals surface area contributed by atoms with Gasteiger partial charge >= 0.3 is 0 Å². The van der Waals surface area contributed by atoms with Crippen LogP contribution in [0.4, 0.5) is 16.5 Å². The van der Waals surface area contributed by atoms with Gasteiger partial charge in [0.2, 0.25) is 16.9 Å². The molecule has 0 radical (unpaired) electrons. The summed E-state index contributed by atoms with van der Waals surface area (Å²) in [5, 5.41) is 11.9. The van der Waals surface area contributed by atoms with Gasteiger partial charge in [-0.05, 0) is 30.3 Å². The fourth-order valence-corrected chi connectivity index (χ4v) is 5.07. The lowest BCUT2D eigenvalue weighted by atomic mass is 10.3. The highest BCUT2D eigenvalue weighted by Gasteiger charge is 2.40. The minimum atomic E-state index is -0.524. The maximum atomic E-state index is 12.7. The molecule has 1 N–H and O–H groups in total. The Morgan fingerprint density at radius 3 is 2.76 bits per heavy atom. The first kappa shape index (κ1) is 19.7. The summed E-state index contributed by atoms with van der Waals surface area (Å²) in [5.74, 6) is 0.159. The molecule has 1 atom stereocenters. The first-order valence-corrected chi connectivity index (χ1v) is 10.6. The summed E-state index contributed by atoms with van der Waals surface area (Å²) in [6.07, 6.45) is 0.128. The van der Waals surface area contributed by atoms with Crippen molar-refractivity contribution in [1.82, 2.24) is 10.2 Å². The molecule has 0 spiro atoms. The van der Waals surface area contributed by atoms with E-state index in [0.29, 0.717) is 31.6 Å². The zero-order chi connectivity index (χ0) is 20.4. The zero-order valence-corrected chi connectivity index (χ0v) is 17.6. The average molecular weight is 447 g/mol. The number of para-hydroxylation sites is 1. The van der Waals surface area contributed by atoms with Gasteiger partial charge in [0.15, 0.2) is 4.34 Å². The smallest absolute Gasteiger partial charge is 0.247 e. The van der Waals surface area contributed by atoms with Crippen LogP contribution in [-0.4, -0.2) is 34.4 Å². The Morgan fingerprint density at radius 2 is 2.00 bits per heavy atom. The molecular formula is C19H15ClN4O3S2. The standard InChI is InChI=1S/C19H15ClN4O3S2/c1-27-14-8-7-11(20)9-13(14)21-18-22-23-19(29-18)28-15-10-16(25)24(17(15)26)12-5-3-2-4-6-12/h2-9,15H,10H2,1H3,(H,21,22). The van der Waals surface area contributed by atoms with Crippen molar-refractivity contribution in [2.75, 3.05) is 17.3 Å². The van der Waals surface area contributed by atoms with Crippen molar-refractivity contribution < 1.29 is 14.3 Å². The SMILES string of the molecule is COc1ccc(Cl)cc1Nc1nnc(SC2CC(=O)N(c3ccccc3)C2=O)s1. The van der Waals surface area contributed by atoms with Crippen molar-refractivity contribution in [3.8, 4) is 5.75 Å². The number of thioether (sulfide) groups is 1. The number of carbonyl (C=O) groups is 2. The number of imide groups is 1. The number of amides is 2. The third kappa shape index (κ3) is 4.21. The number of carbonyl (C=O) groups excluding carboxylic acids is 2. The molecule has 2 heterocycles. The second kappa shape index (κ2) is 8.40. The van der Waals surface area contributed by atoms with Crippen molar-refractivity contribution in [3.63, 3.8) is 0 Å². The van der Waals surface area contributed by atoms with Crippen LogP contribution in [0.25, 0.3) is 0 Å². The first-order chi connectivity index (χ1) is 14.0. The number of aromatic nitrogens is 2. The Kier molecular flexibility index (Phi) is 5.70. The number of hydrogen-bond donors (Lipinski definition) is 1. The molecule has 1 aliphatic heterocycles. The fraction of sp³-hybridized carbons (Fsp3) is 0.158. The maximum Gasteiger partial charge on any atom is 0.247 e. The third-order valence-electron chi connectivity index (χ3n) is 4.17. The molecule has 2 amide bonds. The molecule has 1 fully saturated rings. The maximum absolute atomic E-state index is 12.7. The summed E-state index contributed by atoms with van der Waals surface area (Å²) in [6.45, 7) is 0. The monoisotopic (exact) mass is 446 g/mol. The number of hydrogen-bond acceptors (Lipinski definition) is 8. The van der Waals surface area contributed by atoms with Gasteiger partial charge in [-0.2, -0.15) is 0 Å². The molecule has 1 aromatic heterocycles. The third-order valence-corrected chi connectivity index (χ3v) is 6.52. The van der Waals surface area contributed by atoms with Crippen LogP contribution in [0.3, 0.4) is 0 Å². The highest BCUT2D eigenvalue weighted by molar-refractivity contribution is 8.02. The molecule has 7 nitrogen and oxygen atoms in total. The normalized spacial score (nSPS) is 16.3. The minimum absolute atomic E-state index is 0.128. The van der Waals surface area contributed by atoms with E-state index in [1.165, 1.54) is 28.0 Å². The van der Waals surface area contributed by atoms with Crippen LogP contribution < -0.4 is 15.0 Å². The Labute approximate surface area is 180 Å². The second-order valence-corrected chi connectivity index (χ2v) is 8.92. The predicted octanol–water partition coefficient (Wildman–Crippen LogP) is 4.37. The fourth-order valence-electron chi connectivity index (χ4n) is 2.87. The van der Waals surface area contributed by atoms with Gasteiger partial charge in [0.1, 0.15) is 11.0 Å². The molecule has 4 rings (SSSR count). The number of ether oxygens (including phenoxy) is 1. The van der Waals surface area contributed by atoms with E-state index in [2.05, 4.69) is 15.5 Å².